The summed E-state index contributed by atoms with van der Waals surface area (Å²) < 4.78 is 17.8. The first-order chi connectivity index (χ1) is 14.3. The summed E-state index contributed by atoms with van der Waals surface area (Å²) in [7, 11) is 1.38. The molecule has 2 N–H and O–H groups in total. The molecule has 0 spiro atoms. The van der Waals surface area contributed by atoms with Gasteiger partial charge in [0.05, 0.1) is 22.4 Å². The standard InChI is InChI=1S/C22H22FN3O3S/c1-22(2,20(27)29-3)12-19-24-13-18(30-19)14-4-8-16(9-5-14)25-21(28)26-17-10-6-15(23)7-11-17/h4-11,13H,12H2,1-3H3,(H2,25,26,28). The molecule has 0 aliphatic rings. The molecule has 8 heteroatoms. The normalized spacial score (nSPS) is 11.1. The summed E-state index contributed by atoms with van der Waals surface area (Å²) in [6, 6.07) is 12.5. The van der Waals surface area contributed by atoms with Crippen LogP contribution in [0.25, 0.3) is 10.4 Å². The molecule has 1 heterocycles. The summed E-state index contributed by atoms with van der Waals surface area (Å²) in [5, 5.41) is 6.22. The van der Waals surface area contributed by atoms with Gasteiger partial charge in [-0.3, -0.25) is 4.79 Å². The van der Waals surface area contributed by atoms with Gasteiger partial charge in [0, 0.05) is 24.0 Å². The molecule has 3 rings (SSSR count). The summed E-state index contributed by atoms with van der Waals surface area (Å²) in [5.41, 5.74) is 1.43. The number of halogens is 1. The van der Waals surface area contributed by atoms with Gasteiger partial charge in [-0.15, -0.1) is 11.3 Å². The Morgan fingerprint density at radius 1 is 1.03 bits per heavy atom. The molecule has 0 radical (unpaired) electrons. The number of hydrogen-bond donors (Lipinski definition) is 2. The van der Waals surface area contributed by atoms with Crippen LogP contribution in [0.3, 0.4) is 0 Å². The van der Waals surface area contributed by atoms with E-state index in [9.17, 15) is 14.0 Å². The molecule has 6 nitrogen and oxygen atoms in total. The molecule has 0 aliphatic heterocycles. The van der Waals surface area contributed by atoms with Gasteiger partial charge in [0.15, 0.2) is 0 Å². The number of esters is 1. The Kier molecular flexibility index (Phi) is 6.47. The van der Waals surface area contributed by atoms with Crippen molar-refractivity contribution in [2.24, 2.45) is 5.41 Å². The van der Waals surface area contributed by atoms with Gasteiger partial charge in [0.25, 0.3) is 0 Å². The minimum absolute atomic E-state index is 0.270. The highest BCUT2D eigenvalue weighted by molar-refractivity contribution is 7.15. The van der Waals surface area contributed by atoms with E-state index in [-0.39, 0.29) is 11.8 Å². The second-order valence-corrected chi connectivity index (χ2v) is 8.45. The van der Waals surface area contributed by atoms with E-state index in [1.807, 2.05) is 26.0 Å². The summed E-state index contributed by atoms with van der Waals surface area (Å²) in [6.07, 6.45) is 2.27. The van der Waals surface area contributed by atoms with Gasteiger partial charge < -0.3 is 15.4 Å². The number of nitrogens with zero attached hydrogens (tertiary/aromatic N) is 1. The lowest BCUT2D eigenvalue weighted by Crippen LogP contribution is -2.27. The number of carbonyl (C=O) groups excluding carboxylic acids is 2. The summed E-state index contributed by atoms with van der Waals surface area (Å²) in [6.45, 7) is 3.66. The van der Waals surface area contributed by atoms with E-state index >= 15 is 0 Å². The lowest BCUT2D eigenvalue weighted by Gasteiger charge is -2.19. The Morgan fingerprint density at radius 2 is 1.60 bits per heavy atom. The highest BCUT2D eigenvalue weighted by Gasteiger charge is 2.30. The van der Waals surface area contributed by atoms with Crippen LogP contribution in [0.2, 0.25) is 0 Å². The SMILES string of the molecule is COC(=O)C(C)(C)Cc1ncc(-c2ccc(NC(=O)Nc3ccc(F)cc3)cc2)s1. The summed E-state index contributed by atoms with van der Waals surface area (Å²) in [5.74, 6) is -0.634. The van der Waals surface area contributed by atoms with Crippen LogP contribution >= 0.6 is 11.3 Å². The van der Waals surface area contributed by atoms with Gasteiger partial charge in [-0.1, -0.05) is 12.1 Å². The number of hydrogen-bond acceptors (Lipinski definition) is 5. The van der Waals surface area contributed by atoms with Gasteiger partial charge in [-0.05, 0) is 55.8 Å². The number of thiazole rings is 1. The smallest absolute Gasteiger partial charge is 0.323 e. The largest absolute Gasteiger partial charge is 0.469 e. The number of nitrogens with one attached hydrogen (secondary N) is 2. The van der Waals surface area contributed by atoms with Crippen molar-refractivity contribution in [2.75, 3.05) is 17.7 Å². The molecule has 2 amide bonds. The summed E-state index contributed by atoms with van der Waals surface area (Å²) >= 11 is 1.51. The first kappa shape index (κ1) is 21.4. The van der Waals surface area contributed by atoms with Crippen LogP contribution in [0.4, 0.5) is 20.6 Å². The van der Waals surface area contributed by atoms with Crippen LogP contribution in [0.5, 0.6) is 0 Å². The Bertz CT molecular complexity index is 1030. The quantitative estimate of drug-likeness (QED) is 0.521. The average molecular weight is 428 g/mol. The molecular weight excluding hydrogens is 405 g/mol. The second kappa shape index (κ2) is 9.04. The maximum absolute atomic E-state index is 12.9. The Hall–Kier alpha value is -3.26. The van der Waals surface area contributed by atoms with E-state index in [1.54, 1.807) is 18.3 Å². The molecular formula is C22H22FN3O3S. The molecule has 156 valence electrons. The zero-order valence-corrected chi connectivity index (χ0v) is 17.7. The van der Waals surface area contributed by atoms with Crippen molar-refractivity contribution in [3.05, 3.63) is 65.6 Å². The highest BCUT2D eigenvalue weighted by Crippen LogP contribution is 2.31. The number of aromatic nitrogens is 1. The third-order valence-corrected chi connectivity index (χ3v) is 5.46. The third kappa shape index (κ3) is 5.42. The second-order valence-electron chi connectivity index (χ2n) is 7.33. The lowest BCUT2D eigenvalue weighted by atomic mass is 9.90. The van der Waals surface area contributed by atoms with Crippen LogP contribution in [0.15, 0.2) is 54.7 Å². The van der Waals surface area contributed by atoms with Crippen molar-refractivity contribution < 1.29 is 18.7 Å². The number of urea groups is 1. The molecule has 0 unspecified atom stereocenters. The van der Waals surface area contributed by atoms with Gasteiger partial charge in [0.1, 0.15) is 5.82 Å². The Labute approximate surface area is 178 Å². The predicted molar refractivity (Wildman–Crippen MR) is 116 cm³/mol. The van der Waals surface area contributed by atoms with Crippen molar-refractivity contribution >= 4 is 34.7 Å². The highest BCUT2D eigenvalue weighted by atomic mass is 32.1. The molecule has 30 heavy (non-hydrogen) atoms. The predicted octanol–water partition coefficient (Wildman–Crippen LogP) is 5.33. The fourth-order valence-electron chi connectivity index (χ4n) is 2.80. The fraction of sp³-hybridized carbons (Fsp3) is 0.227. The summed E-state index contributed by atoms with van der Waals surface area (Å²) in [4.78, 5) is 29.3. The number of ether oxygens (including phenoxy) is 1. The van der Waals surface area contributed by atoms with Crippen molar-refractivity contribution in [3.8, 4) is 10.4 Å². The van der Waals surface area contributed by atoms with Gasteiger partial charge in [-0.25, -0.2) is 14.2 Å². The van der Waals surface area contributed by atoms with Crippen molar-refractivity contribution in [1.82, 2.24) is 4.98 Å². The number of amides is 2. The van der Waals surface area contributed by atoms with Crippen LogP contribution in [0.1, 0.15) is 18.9 Å². The van der Waals surface area contributed by atoms with Gasteiger partial charge >= 0.3 is 12.0 Å². The van der Waals surface area contributed by atoms with Crippen molar-refractivity contribution in [3.63, 3.8) is 0 Å². The molecule has 0 aliphatic carbocycles. The zero-order valence-electron chi connectivity index (χ0n) is 16.9. The molecule has 1 aromatic heterocycles. The van der Waals surface area contributed by atoms with Crippen LogP contribution in [-0.4, -0.2) is 24.1 Å². The lowest BCUT2D eigenvalue weighted by molar-refractivity contribution is -0.150. The molecule has 0 atom stereocenters. The molecule has 2 aromatic carbocycles. The number of rotatable bonds is 6. The van der Waals surface area contributed by atoms with Crippen LogP contribution in [0, 0.1) is 11.2 Å². The number of methoxy groups -OCH3 is 1. The zero-order chi connectivity index (χ0) is 21.7. The maximum atomic E-state index is 12.9. The van der Waals surface area contributed by atoms with Crippen molar-refractivity contribution in [2.45, 2.75) is 20.3 Å². The van der Waals surface area contributed by atoms with Crippen molar-refractivity contribution in [1.29, 1.82) is 0 Å². The Balaban J connectivity index is 1.62. The van der Waals surface area contributed by atoms with E-state index < -0.39 is 11.4 Å². The number of carbonyl (C=O) groups is 2. The molecule has 3 aromatic rings. The molecule has 0 saturated heterocycles. The number of benzene rings is 2. The molecule has 0 saturated carbocycles. The molecule has 0 bridgehead atoms. The number of anilines is 2. The van der Waals surface area contributed by atoms with Crippen LogP contribution in [-0.2, 0) is 16.0 Å². The van der Waals surface area contributed by atoms with Gasteiger partial charge in [0.2, 0.25) is 0 Å². The minimum Gasteiger partial charge on any atom is -0.469 e. The topological polar surface area (TPSA) is 80.3 Å². The monoisotopic (exact) mass is 427 g/mol. The Morgan fingerprint density at radius 3 is 2.17 bits per heavy atom. The van der Waals surface area contributed by atoms with E-state index in [0.717, 1.165) is 15.4 Å². The van der Waals surface area contributed by atoms with E-state index in [0.29, 0.717) is 17.8 Å². The van der Waals surface area contributed by atoms with E-state index in [2.05, 4.69) is 15.6 Å². The first-order valence-electron chi connectivity index (χ1n) is 9.24. The van der Waals surface area contributed by atoms with E-state index in [1.165, 1.54) is 42.7 Å². The first-order valence-corrected chi connectivity index (χ1v) is 10.1. The fourth-order valence-corrected chi connectivity index (χ4v) is 3.95. The van der Waals surface area contributed by atoms with E-state index in [4.69, 9.17) is 4.74 Å². The maximum Gasteiger partial charge on any atom is 0.323 e. The molecule has 0 fully saturated rings. The van der Waals surface area contributed by atoms with Crippen LogP contribution < -0.4 is 10.6 Å². The third-order valence-electron chi connectivity index (χ3n) is 4.41. The minimum atomic E-state index is -0.643. The average Bonchev–Trinajstić information content (AvgIpc) is 3.17. The van der Waals surface area contributed by atoms with Gasteiger partial charge in [-0.2, -0.15) is 0 Å².